The summed E-state index contributed by atoms with van der Waals surface area (Å²) in [5, 5.41) is 21.6. The van der Waals surface area contributed by atoms with Gasteiger partial charge in [-0.05, 0) is 42.3 Å². The summed E-state index contributed by atoms with van der Waals surface area (Å²) in [6, 6.07) is 9.05. The van der Waals surface area contributed by atoms with Crippen molar-refractivity contribution in [3.8, 4) is 11.5 Å². The van der Waals surface area contributed by atoms with Crippen LogP contribution in [0.15, 0.2) is 36.4 Å². The van der Waals surface area contributed by atoms with Crippen LogP contribution in [0.4, 0.5) is 20.6 Å². The van der Waals surface area contributed by atoms with Crippen molar-refractivity contribution in [1.82, 2.24) is 5.32 Å². The van der Waals surface area contributed by atoms with Crippen LogP contribution in [0.1, 0.15) is 12.0 Å². The van der Waals surface area contributed by atoms with Gasteiger partial charge in [-0.1, -0.05) is 6.07 Å². The van der Waals surface area contributed by atoms with Crippen molar-refractivity contribution in [3.05, 3.63) is 47.8 Å². The molecule has 0 aliphatic carbocycles. The highest BCUT2D eigenvalue weighted by Crippen LogP contribution is 2.28. The smallest absolute Gasteiger partial charge is 0.414 e. The van der Waals surface area contributed by atoms with Crippen LogP contribution in [0, 0.1) is 5.82 Å². The van der Waals surface area contributed by atoms with Gasteiger partial charge in [-0.25, -0.2) is 9.18 Å². The number of hydrogen-bond donors (Lipinski definition) is 3. The SMILES string of the molecule is O=C(CCc1ccc(O)c(O)c1)NCC1CN(c2ccc(N3CCOCC3)c(F)c2)C(=O)O1. The molecule has 33 heavy (non-hydrogen) atoms. The van der Waals surface area contributed by atoms with Gasteiger partial charge in [0.2, 0.25) is 5.91 Å². The lowest BCUT2D eigenvalue weighted by Crippen LogP contribution is -2.37. The number of aromatic hydroxyl groups is 2. The molecule has 2 amide bonds. The number of phenols is 2. The molecule has 9 nitrogen and oxygen atoms in total. The van der Waals surface area contributed by atoms with Crippen LogP contribution in [0.5, 0.6) is 11.5 Å². The van der Waals surface area contributed by atoms with Gasteiger partial charge in [-0.3, -0.25) is 9.69 Å². The topological polar surface area (TPSA) is 112 Å². The normalized spacial score (nSPS) is 18.3. The molecule has 2 heterocycles. The van der Waals surface area contributed by atoms with Crippen molar-refractivity contribution in [1.29, 1.82) is 0 Å². The molecule has 0 saturated carbocycles. The van der Waals surface area contributed by atoms with Crippen LogP contribution >= 0.6 is 0 Å². The van der Waals surface area contributed by atoms with Gasteiger partial charge in [0, 0.05) is 19.5 Å². The van der Waals surface area contributed by atoms with E-state index in [9.17, 15) is 24.2 Å². The van der Waals surface area contributed by atoms with Crippen molar-refractivity contribution >= 4 is 23.4 Å². The van der Waals surface area contributed by atoms with Gasteiger partial charge in [-0.2, -0.15) is 0 Å². The molecule has 2 aliphatic rings. The number of hydrogen-bond acceptors (Lipinski definition) is 7. The van der Waals surface area contributed by atoms with Crippen molar-refractivity contribution in [2.24, 2.45) is 0 Å². The molecule has 0 spiro atoms. The molecule has 2 aromatic carbocycles. The third-order valence-electron chi connectivity index (χ3n) is 5.68. The summed E-state index contributed by atoms with van der Waals surface area (Å²) in [4.78, 5) is 27.7. The number of halogens is 1. The number of carbonyl (C=O) groups excluding carboxylic acids is 2. The molecule has 176 valence electrons. The fraction of sp³-hybridized carbons (Fsp3) is 0.391. The molecule has 4 rings (SSSR count). The monoisotopic (exact) mass is 459 g/mol. The Morgan fingerprint density at radius 2 is 1.91 bits per heavy atom. The number of morpholine rings is 1. The molecule has 2 saturated heterocycles. The van der Waals surface area contributed by atoms with E-state index in [0.29, 0.717) is 49.7 Å². The summed E-state index contributed by atoms with van der Waals surface area (Å²) >= 11 is 0. The first-order valence-corrected chi connectivity index (χ1v) is 10.8. The molecular formula is C23H26FN3O6. The molecule has 2 fully saturated rings. The fourth-order valence-corrected chi connectivity index (χ4v) is 3.86. The lowest BCUT2D eigenvalue weighted by Gasteiger charge is -2.29. The van der Waals surface area contributed by atoms with Crippen molar-refractivity contribution in [2.45, 2.75) is 18.9 Å². The Kier molecular flexibility index (Phi) is 6.83. The molecule has 2 aliphatic heterocycles. The van der Waals surface area contributed by atoms with Crippen LogP contribution in [-0.4, -0.2) is 67.7 Å². The number of benzene rings is 2. The van der Waals surface area contributed by atoms with Crippen LogP contribution in [0.2, 0.25) is 0 Å². The first kappa shape index (κ1) is 22.7. The molecule has 0 bridgehead atoms. The van der Waals surface area contributed by atoms with Gasteiger partial charge >= 0.3 is 6.09 Å². The third-order valence-corrected chi connectivity index (χ3v) is 5.68. The van der Waals surface area contributed by atoms with E-state index in [0.717, 1.165) is 0 Å². The summed E-state index contributed by atoms with van der Waals surface area (Å²) in [6.07, 6.45) is -0.595. The summed E-state index contributed by atoms with van der Waals surface area (Å²) in [5.41, 5.74) is 1.58. The maximum Gasteiger partial charge on any atom is 0.414 e. The Balaban J connectivity index is 1.27. The Hall–Kier alpha value is -3.53. The Morgan fingerprint density at radius 1 is 1.12 bits per heavy atom. The molecule has 0 radical (unpaired) electrons. The number of nitrogens with one attached hydrogen (secondary N) is 1. The number of cyclic esters (lactones) is 1. The molecular weight excluding hydrogens is 433 g/mol. The van der Waals surface area contributed by atoms with E-state index in [2.05, 4.69) is 5.32 Å². The Labute approximate surface area is 190 Å². The summed E-state index contributed by atoms with van der Waals surface area (Å²) in [6.45, 7) is 2.64. The number of phenolic OH excluding ortho intramolecular Hbond substituents is 2. The maximum atomic E-state index is 14.7. The van der Waals surface area contributed by atoms with E-state index in [1.807, 2.05) is 4.90 Å². The number of aryl methyl sites for hydroxylation is 1. The lowest BCUT2D eigenvalue weighted by atomic mass is 10.1. The maximum absolute atomic E-state index is 14.7. The number of anilines is 2. The summed E-state index contributed by atoms with van der Waals surface area (Å²) < 4.78 is 25.3. The molecule has 1 unspecified atom stereocenters. The van der Waals surface area contributed by atoms with Crippen molar-refractivity contribution < 1.29 is 33.7 Å². The van der Waals surface area contributed by atoms with Gasteiger partial charge in [0.05, 0.1) is 37.7 Å². The third kappa shape index (κ3) is 5.46. The number of nitrogens with zero attached hydrogens (tertiary/aromatic N) is 2. The van der Waals surface area contributed by atoms with Gasteiger partial charge in [-0.15, -0.1) is 0 Å². The number of carbonyl (C=O) groups is 2. The molecule has 10 heteroatoms. The molecule has 2 aromatic rings. The molecule has 1 atom stereocenters. The second-order valence-corrected chi connectivity index (χ2v) is 7.98. The van der Waals surface area contributed by atoms with Gasteiger partial charge in [0.15, 0.2) is 11.5 Å². The summed E-state index contributed by atoms with van der Waals surface area (Å²) in [7, 11) is 0. The van der Waals surface area contributed by atoms with Crippen LogP contribution in [0.3, 0.4) is 0 Å². The molecule has 0 aromatic heterocycles. The van der Waals surface area contributed by atoms with Crippen LogP contribution in [-0.2, 0) is 20.7 Å². The number of amides is 2. The van der Waals surface area contributed by atoms with E-state index in [1.165, 1.54) is 23.1 Å². The minimum Gasteiger partial charge on any atom is -0.504 e. The van der Waals surface area contributed by atoms with E-state index in [-0.39, 0.29) is 36.9 Å². The van der Waals surface area contributed by atoms with Crippen molar-refractivity contribution in [2.75, 3.05) is 49.2 Å². The fourth-order valence-electron chi connectivity index (χ4n) is 3.86. The first-order valence-electron chi connectivity index (χ1n) is 10.8. The van der Waals surface area contributed by atoms with Crippen molar-refractivity contribution in [3.63, 3.8) is 0 Å². The zero-order valence-corrected chi connectivity index (χ0v) is 18.0. The highest BCUT2D eigenvalue weighted by molar-refractivity contribution is 5.90. The van der Waals surface area contributed by atoms with Gasteiger partial charge in [0.25, 0.3) is 0 Å². The summed E-state index contributed by atoms with van der Waals surface area (Å²) in [5.74, 6) is -1.11. The average molecular weight is 459 g/mol. The van der Waals surface area contributed by atoms with Gasteiger partial charge < -0.3 is 29.9 Å². The quantitative estimate of drug-likeness (QED) is 0.544. The minimum absolute atomic E-state index is 0.135. The predicted octanol–water partition coefficient (Wildman–Crippen LogP) is 2.15. The van der Waals surface area contributed by atoms with E-state index in [1.54, 1.807) is 18.2 Å². The zero-order valence-electron chi connectivity index (χ0n) is 18.0. The molecule has 3 N–H and O–H groups in total. The van der Waals surface area contributed by atoms with E-state index >= 15 is 0 Å². The van der Waals surface area contributed by atoms with Crippen LogP contribution < -0.4 is 15.1 Å². The second kappa shape index (κ2) is 9.95. The largest absolute Gasteiger partial charge is 0.504 e. The van der Waals surface area contributed by atoms with Gasteiger partial charge in [0.1, 0.15) is 11.9 Å². The van der Waals surface area contributed by atoms with Crippen LogP contribution in [0.25, 0.3) is 0 Å². The first-order chi connectivity index (χ1) is 15.9. The minimum atomic E-state index is -0.590. The highest BCUT2D eigenvalue weighted by atomic mass is 19.1. The second-order valence-electron chi connectivity index (χ2n) is 7.98. The Morgan fingerprint density at radius 3 is 2.64 bits per heavy atom. The predicted molar refractivity (Wildman–Crippen MR) is 118 cm³/mol. The number of ether oxygens (including phenoxy) is 2. The standard InChI is InChI=1S/C23H26FN3O6/c24-18-12-16(3-4-19(18)26-7-9-32-10-8-26)27-14-17(33-23(27)31)13-25-22(30)6-2-15-1-5-20(28)21(29)11-15/h1,3-5,11-12,17,28-29H,2,6-10,13-14H2,(H,25,30). The lowest BCUT2D eigenvalue weighted by molar-refractivity contribution is -0.121. The number of rotatable bonds is 7. The Bertz CT molecular complexity index is 1030. The average Bonchev–Trinajstić information content (AvgIpc) is 3.19. The zero-order chi connectivity index (χ0) is 23.4. The van der Waals surface area contributed by atoms with E-state index < -0.39 is 18.0 Å². The van der Waals surface area contributed by atoms with E-state index in [4.69, 9.17) is 9.47 Å². The highest BCUT2D eigenvalue weighted by Gasteiger charge is 2.33.